The highest BCUT2D eigenvalue weighted by Crippen LogP contribution is 2.01. The number of rotatable bonds is 6. The molecule has 0 atom stereocenters. The highest BCUT2D eigenvalue weighted by atomic mass is 16.5. The van der Waals surface area contributed by atoms with Crippen LogP contribution in [-0.4, -0.2) is 42.0 Å². The highest BCUT2D eigenvalue weighted by Gasteiger charge is 2.10. The van der Waals surface area contributed by atoms with E-state index in [1.54, 1.807) is 29.4 Å². The fraction of sp³-hybridized carbons (Fsp3) is 0.357. The molecule has 0 aliphatic carbocycles. The van der Waals surface area contributed by atoms with E-state index in [1.165, 1.54) is 13.2 Å². The van der Waals surface area contributed by atoms with E-state index in [-0.39, 0.29) is 18.3 Å². The number of aromatic nitrogens is 1. The average Bonchev–Trinajstić information content (AvgIpc) is 2.46. The second-order valence-corrected chi connectivity index (χ2v) is 3.86. The molecule has 1 aromatic heterocycles. The number of methoxy groups -OCH3 is 1. The Kier molecular flexibility index (Phi) is 6.29. The fourth-order valence-electron chi connectivity index (χ4n) is 1.50. The molecule has 1 aromatic rings. The van der Waals surface area contributed by atoms with Gasteiger partial charge < -0.3 is 9.64 Å². The molecule has 0 saturated carbocycles. The number of carbonyl (C=O) groups is 2. The Morgan fingerprint density at radius 3 is 2.84 bits per heavy atom. The van der Waals surface area contributed by atoms with Crippen LogP contribution in [0.1, 0.15) is 18.9 Å². The third kappa shape index (κ3) is 5.33. The van der Waals surface area contributed by atoms with E-state index in [9.17, 15) is 9.59 Å². The van der Waals surface area contributed by atoms with Crippen LogP contribution >= 0.6 is 0 Å². The quantitative estimate of drug-likeness (QED) is 0.576. The number of esters is 1. The van der Waals surface area contributed by atoms with Crippen LogP contribution in [0.4, 0.5) is 0 Å². The topological polar surface area (TPSA) is 59.5 Å². The fourth-order valence-corrected chi connectivity index (χ4v) is 1.50. The van der Waals surface area contributed by atoms with Gasteiger partial charge in [-0.3, -0.25) is 14.6 Å². The SMILES string of the molecule is CCN(CCC(=O)OC)C(=O)/C=C/c1cccnc1. The standard InChI is InChI=1S/C14H18N2O3/c1-3-16(10-8-14(18)19-2)13(17)7-6-12-5-4-9-15-11-12/h4-7,9,11H,3,8,10H2,1-2H3/b7-6+. The van der Waals surface area contributed by atoms with Crippen molar-refractivity contribution in [3.8, 4) is 0 Å². The molecule has 102 valence electrons. The molecule has 1 heterocycles. The summed E-state index contributed by atoms with van der Waals surface area (Å²) in [5.41, 5.74) is 0.861. The molecule has 5 nitrogen and oxygen atoms in total. The minimum absolute atomic E-state index is 0.129. The molecule has 19 heavy (non-hydrogen) atoms. The summed E-state index contributed by atoms with van der Waals surface area (Å²) in [4.78, 5) is 28.5. The first-order valence-electron chi connectivity index (χ1n) is 6.11. The minimum atomic E-state index is -0.317. The largest absolute Gasteiger partial charge is 0.469 e. The zero-order valence-corrected chi connectivity index (χ0v) is 11.2. The first-order chi connectivity index (χ1) is 9.17. The summed E-state index contributed by atoms with van der Waals surface area (Å²) in [7, 11) is 1.34. The number of hydrogen-bond donors (Lipinski definition) is 0. The number of hydrogen-bond acceptors (Lipinski definition) is 4. The van der Waals surface area contributed by atoms with Crippen molar-refractivity contribution in [3.63, 3.8) is 0 Å². The van der Waals surface area contributed by atoms with Gasteiger partial charge in [0.1, 0.15) is 0 Å². The van der Waals surface area contributed by atoms with Gasteiger partial charge in [0, 0.05) is 31.6 Å². The van der Waals surface area contributed by atoms with Gasteiger partial charge in [0.15, 0.2) is 0 Å². The number of amides is 1. The molecule has 0 N–H and O–H groups in total. The van der Waals surface area contributed by atoms with Crippen LogP contribution in [0.15, 0.2) is 30.6 Å². The number of ether oxygens (including phenoxy) is 1. The van der Waals surface area contributed by atoms with Gasteiger partial charge in [-0.1, -0.05) is 6.07 Å². The van der Waals surface area contributed by atoms with Gasteiger partial charge in [0.05, 0.1) is 13.5 Å². The molecule has 0 saturated heterocycles. The molecular formula is C14H18N2O3. The smallest absolute Gasteiger partial charge is 0.307 e. The molecule has 0 spiro atoms. The summed E-state index contributed by atoms with van der Waals surface area (Å²) in [6, 6.07) is 3.67. The van der Waals surface area contributed by atoms with Gasteiger partial charge in [-0.05, 0) is 24.6 Å². The van der Waals surface area contributed by atoms with Crippen LogP contribution in [0.5, 0.6) is 0 Å². The van der Waals surface area contributed by atoms with Gasteiger partial charge >= 0.3 is 5.97 Å². The number of pyridine rings is 1. The van der Waals surface area contributed by atoms with Crippen molar-refractivity contribution in [3.05, 3.63) is 36.2 Å². The lowest BCUT2D eigenvalue weighted by Crippen LogP contribution is -2.31. The number of likely N-dealkylation sites (N-methyl/N-ethyl adjacent to an activating group) is 1. The maximum absolute atomic E-state index is 11.9. The third-order valence-electron chi connectivity index (χ3n) is 2.61. The van der Waals surface area contributed by atoms with E-state index in [0.717, 1.165) is 5.56 Å². The second kappa shape index (κ2) is 8.02. The third-order valence-corrected chi connectivity index (χ3v) is 2.61. The molecule has 1 amide bonds. The molecule has 0 aliphatic heterocycles. The summed E-state index contributed by atoms with van der Waals surface area (Å²) in [6.07, 6.45) is 6.74. The predicted molar refractivity (Wildman–Crippen MR) is 72.2 cm³/mol. The van der Waals surface area contributed by atoms with Gasteiger partial charge in [-0.15, -0.1) is 0 Å². The lowest BCUT2D eigenvalue weighted by Gasteiger charge is -2.18. The van der Waals surface area contributed by atoms with Crippen molar-refractivity contribution < 1.29 is 14.3 Å². The Hall–Kier alpha value is -2.17. The Morgan fingerprint density at radius 2 is 2.26 bits per heavy atom. The summed E-state index contributed by atoms with van der Waals surface area (Å²) in [6.45, 7) is 2.78. The summed E-state index contributed by atoms with van der Waals surface area (Å²) < 4.78 is 4.55. The molecule has 1 rings (SSSR count). The molecule has 0 unspecified atom stereocenters. The van der Waals surface area contributed by atoms with Crippen molar-refractivity contribution in [2.75, 3.05) is 20.2 Å². The maximum Gasteiger partial charge on any atom is 0.307 e. The van der Waals surface area contributed by atoms with E-state index >= 15 is 0 Å². The van der Waals surface area contributed by atoms with Gasteiger partial charge in [0.25, 0.3) is 0 Å². The van der Waals surface area contributed by atoms with Crippen LogP contribution in [0.3, 0.4) is 0 Å². The first kappa shape index (κ1) is 14.9. The highest BCUT2D eigenvalue weighted by molar-refractivity contribution is 5.91. The summed E-state index contributed by atoms with van der Waals surface area (Å²) in [5.74, 6) is -0.447. The normalized spacial score (nSPS) is 10.4. The first-order valence-corrected chi connectivity index (χ1v) is 6.11. The Bertz CT molecular complexity index is 443. The van der Waals surface area contributed by atoms with Crippen molar-refractivity contribution >= 4 is 18.0 Å². The van der Waals surface area contributed by atoms with E-state index in [2.05, 4.69) is 9.72 Å². The predicted octanol–water partition coefficient (Wildman–Crippen LogP) is 1.51. The zero-order chi connectivity index (χ0) is 14.1. The molecule has 0 radical (unpaired) electrons. The van der Waals surface area contributed by atoms with Gasteiger partial charge in [-0.2, -0.15) is 0 Å². The average molecular weight is 262 g/mol. The van der Waals surface area contributed by atoms with Gasteiger partial charge in [0.2, 0.25) is 5.91 Å². The molecular weight excluding hydrogens is 244 g/mol. The zero-order valence-electron chi connectivity index (χ0n) is 11.2. The lowest BCUT2D eigenvalue weighted by atomic mass is 10.2. The van der Waals surface area contributed by atoms with Crippen molar-refractivity contribution in [1.82, 2.24) is 9.88 Å². The van der Waals surface area contributed by atoms with Crippen LogP contribution in [0, 0.1) is 0 Å². The molecule has 0 aromatic carbocycles. The molecule has 5 heteroatoms. The van der Waals surface area contributed by atoms with Crippen LogP contribution in [0.25, 0.3) is 6.08 Å². The van der Waals surface area contributed by atoms with Crippen LogP contribution in [-0.2, 0) is 14.3 Å². The van der Waals surface area contributed by atoms with Gasteiger partial charge in [-0.25, -0.2) is 0 Å². The molecule has 0 fully saturated rings. The minimum Gasteiger partial charge on any atom is -0.469 e. The van der Waals surface area contributed by atoms with Crippen LogP contribution < -0.4 is 0 Å². The molecule has 0 bridgehead atoms. The van der Waals surface area contributed by atoms with Crippen LogP contribution in [0.2, 0.25) is 0 Å². The van der Waals surface area contributed by atoms with Crippen molar-refractivity contribution in [1.29, 1.82) is 0 Å². The lowest BCUT2D eigenvalue weighted by molar-refractivity contribution is -0.141. The van der Waals surface area contributed by atoms with E-state index < -0.39 is 0 Å². The van der Waals surface area contributed by atoms with E-state index in [0.29, 0.717) is 13.1 Å². The van der Waals surface area contributed by atoms with E-state index in [4.69, 9.17) is 0 Å². The Labute approximate surface area is 112 Å². The van der Waals surface area contributed by atoms with Crippen molar-refractivity contribution in [2.24, 2.45) is 0 Å². The van der Waals surface area contributed by atoms with Crippen molar-refractivity contribution in [2.45, 2.75) is 13.3 Å². The monoisotopic (exact) mass is 262 g/mol. The van der Waals surface area contributed by atoms with E-state index in [1.807, 2.05) is 13.0 Å². The second-order valence-electron chi connectivity index (χ2n) is 3.86. The summed E-state index contributed by atoms with van der Waals surface area (Å²) in [5, 5.41) is 0. The Morgan fingerprint density at radius 1 is 1.47 bits per heavy atom. The Balaban J connectivity index is 2.54. The number of nitrogens with zero attached hydrogens (tertiary/aromatic N) is 2. The maximum atomic E-state index is 11.9. The number of carbonyl (C=O) groups excluding carboxylic acids is 2. The summed E-state index contributed by atoms with van der Waals surface area (Å²) >= 11 is 0. The molecule has 0 aliphatic rings.